The van der Waals surface area contributed by atoms with Crippen LogP contribution >= 0.6 is 0 Å². The number of hydrogen-bond donors (Lipinski definition) is 1. The first-order valence-corrected chi connectivity index (χ1v) is 7.40. The van der Waals surface area contributed by atoms with E-state index >= 15 is 0 Å². The molecule has 8 heteroatoms. The summed E-state index contributed by atoms with van der Waals surface area (Å²) in [6.07, 6.45) is 2.70. The van der Waals surface area contributed by atoms with Crippen LogP contribution in [0.2, 0.25) is 0 Å². The number of nitrogens with zero attached hydrogens (tertiary/aromatic N) is 4. The van der Waals surface area contributed by atoms with Gasteiger partial charge in [0.25, 0.3) is 11.2 Å². The number of fused-ring (bicyclic) bond motifs is 3. The molecule has 0 unspecified atom stereocenters. The van der Waals surface area contributed by atoms with Gasteiger partial charge in [0.05, 0.1) is 16.5 Å². The Morgan fingerprint density at radius 2 is 2.04 bits per heavy atom. The first-order valence-electron chi connectivity index (χ1n) is 7.40. The fraction of sp³-hybridized carbons (Fsp3) is 0. The summed E-state index contributed by atoms with van der Waals surface area (Å²) in [5, 5.41) is 16.1. The normalized spacial score (nSPS) is 11.5. The van der Waals surface area contributed by atoms with E-state index in [4.69, 9.17) is 0 Å². The Labute approximate surface area is 140 Å². The van der Waals surface area contributed by atoms with Gasteiger partial charge in [-0.05, 0) is 6.07 Å². The zero-order valence-corrected chi connectivity index (χ0v) is 12.8. The third kappa shape index (κ3) is 2.55. The third-order valence-electron chi connectivity index (χ3n) is 3.82. The molecule has 0 spiro atoms. The van der Waals surface area contributed by atoms with Crippen LogP contribution in [0.3, 0.4) is 0 Å². The molecule has 0 aliphatic rings. The molecule has 122 valence electrons. The number of benzene rings is 2. The Balaban J connectivity index is 1.81. The van der Waals surface area contributed by atoms with Gasteiger partial charge in [-0.15, -0.1) is 0 Å². The zero-order chi connectivity index (χ0) is 17.4. The fourth-order valence-electron chi connectivity index (χ4n) is 2.65. The topological polar surface area (TPSA) is 106 Å². The van der Waals surface area contributed by atoms with Crippen molar-refractivity contribution in [2.75, 3.05) is 0 Å². The molecule has 2 heterocycles. The van der Waals surface area contributed by atoms with Crippen molar-refractivity contribution in [1.82, 2.24) is 14.6 Å². The van der Waals surface area contributed by atoms with E-state index in [9.17, 15) is 14.9 Å². The van der Waals surface area contributed by atoms with E-state index in [-0.39, 0.29) is 11.2 Å². The molecule has 0 aliphatic carbocycles. The van der Waals surface area contributed by atoms with Gasteiger partial charge in [0.15, 0.2) is 0 Å². The van der Waals surface area contributed by atoms with Crippen molar-refractivity contribution in [3.8, 4) is 0 Å². The second kappa shape index (κ2) is 5.68. The Morgan fingerprint density at radius 3 is 2.88 bits per heavy atom. The smallest absolute Gasteiger partial charge is 0.284 e. The number of para-hydroxylation sites is 1. The Kier molecular flexibility index (Phi) is 3.35. The van der Waals surface area contributed by atoms with Crippen LogP contribution in [0, 0.1) is 10.1 Å². The van der Waals surface area contributed by atoms with Crippen molar-refractivity contribution in [2.24, 2.45) is 5.10 Å². The van der Waals surface area contributed by atoms with Crippen molar-refractivity contribution in [1.29, 1.82) is 0 Å². The Hall–Kier alpha value is -3.81. The predicted octanol–water partition coefficient (Wildman–Crippen LogP) is 2.67. The van der Waals surface area contributed by atoms with E-state index in [0.29, 0.717) is 16.6 Å². The number of non-ortho nitro benzene ring substituents is 1. The van der Waals surface area contributed by atoms with Crippen LogP contribution in [0.4, 0.5) is 5.69 Å². The predicted molar refractivity (Wildman–Crippen MR) is 93.9 cm³/mol. The number of rotatable bonds is 3. The number of nitro benzene ring substituents is 1. The quantitative estimate of drug-likeness (QED) is 0.353. The first kappa shape index (κ1) is 14.8. The van der Waals surface area contributed by atoms with Crippen LogP contribution in [-0.4, -0.2) is 25.8 Å². The van der Waals surface area contributed by atoms with Crippen LogP contribution in [0.1, 0.15) is 5.56 Å². The zero-order valence-electron chi connectivity index (χ0n) is 12.8. The molecule has 0 bridgehead atoms. The van der Waals surface area contributed by atoms with Gasteiger partial charge in [-0.25, -0.2) is 4.98 Å². The summed E-state index contributed by atoms with van der Waals surface area (Å²) in [7, 11) is 0. The maximum Gasteiger partial charge on any atom is 0.284 e. The maximum atomic E-state index is 12.7. The molecule has 25 heavy (non-hydrogen) atoms. The van der Waals surface area contributed by atoms with E-state index in [1.54, 1.807) is 12.1 Å². The average Bonchev–Trinajstić information content (AvgIpc) is 3.00. The maximum absolute atomic E-state index is 12.7. The molecule has 2 aromatic carbocycles. The minimum Gasteiger partial charge on any atom is -0.339 e. The van der Waals surface area contributed by atoms with Gasteiger partial charge < -0.3 is 4.98 Å². The molecule has 1 N–H and O–H groups in total. The van der Waals surface area contributed by atoms with Crippen LogP contribution in [0.5, 0.6) is 0 Å². The number of hydrogen-bond acceptors (Lipinski definition) is 5. The highest BCUT2D eigenvalue weighted by molar-refractivity contribution is 6.05. The molecule has 0 saturated carbocycles. The molecular formula is C17H11N5O3. The third-order valence-corrected chi connectivity index (χ3v) is 3.82. The van der Waals surface area contributed by atoms with Crippen LogP contribution in [-0.2, 0) is 0 Å². The van der Waals surface area contributed by atoms with Crippen molar-refractivity contribution in [3.63, 3.8) is 0 Å². The van der Waals surface area contributed by atoms with Gasteiger partial charge in [-0.1, -0.05) is 30.3 Å². The fourth-order valence-corrected chi connectivity index (χ4v) is 2.65. The molecule has 0 atom stereocenters. The molecule has 0 radical (unpaired) electrons. The molecule has 8 nitrogen and oxygen atoms in total. The van der Waals surface area contributed by atoms with Gasteiger partial charge in [-0.3, -0.25) is 14.9 Å². The van der Waals surface area contributed by atoms with Gasteiger partial charge in [0, 0.05) is 28.6 Å². The van der Waals surface area contributed by atoms with Gasteiger partial charge in [0.1, 0.15) is 12.0 Å². The van der Waals surface area contributed by atoms with Crippen LogP contribution in [0.15, 0.2) is 64.8 Å². The van der Waals surface area contributed by atoms with Gasteiger partial charge in [-0.2, -0.15) is 9.78 Å². The minimum absolute atomic E-state index is 0.0403. The number of aromatic nitrogens is 3. The molecular weight excluding hydrogens is 322 g/mol. The lowest BCUT2D eigenvalue weighted by Crippen LogP contribution is -2.16. The standard InChI is InChI=1S/C17H11N5O3/c23-17-15-13-6-1-2-7-14(13)20-16(15)18-10-21(17)19-9-11-4-3-5-12(8-11)22(24)25/h1-10,20H. The summed E-state index contributed by atoms with van der Waals surface area (Å²) >= 11 is 0. The summed E-state index contributed by atoms with van der Waals surface area (Å²) in [4.78, 5) is 30.3. The number of nitrogens with one attached hydrogen (secondary N) is 1. The minimum atomic E-state index is -0.483. The molecule has 2 aromatic heterocycles. The largest absolute Gasteiger partial charge is 0.339 e. The van der Waals surface area contributed by atoms with Crippen LogP contribution < -0.4 is 5.56 Å². The molecule has 0 fully saturated rings. The summed E-state index contributed by atoms with van der Waals surface area (Å²) in [5.41, 5.74) is 1.47. The van der Waals surface area contributed by atoms with E-state index < -0.39 is 4.92 Å². The van der Waals surface area contributed by atoms with Crippen molar-refractivity contribution >= 4 is 33.8 Å². The van der Waals surface area contributed by atoms with Crippen molar-refractivity contribution < 1.29 is 4.92 Å². The van der Waals surface area contributed by atoms with Gasteiger partial charge >= 0.3 is 0 Å². The highest BCUT2D eigenvalue weighted by Crippen LogP contribution is 2.20. The lowest BCUT2D eigenvalue weighted by Gasteiger charge is -1.98. The Bertz CT molecular complexity index is 1210. The lowest BCUT2D eigenvalue weighted by atomic mass is 10.2. The Morgan fingerprint density at radius 1 is 1.20 bits per heavy atom. The highest BCUT2D eigenvalue weighted by atomic mass is 16.6. The average molecular weight is 333 g/mol. The molecule has 4 aromatic rings. The van der Waals surface area contributed by atoms with E-state index in [1.807, 2.05) is 24.3 Å². The SMILES string of the molecule is O=c1c2c(ncn1N=Cc1cccc([N+](=O)[O-])c1)[nH]c1ccccc12. The summed E-state index contributed by atoms with van der Waals surface area (Å²) in [6, 6.07) is 13.4. The van der Waals surface area contributed by atoms with E-state index in [2.05, 4.69) is 15.1 Å². The van der Waals surface area contributed by atoms with E-state index in [0.717, 1.165) is 15.6 Å². The summed E-state index contributed by atoms with van der Waals surface area (Å²) < 4.78 is 1.11. The molecule has 4 rings (SSSR count). The molecule has 0 amide bonds. The van der Waals surface area contributed by atoms with Gasteiger partial charge in [0.2, 0.25) is 0 Å². The molecule has 0 aliphatic heterocycles. The first-order chi connectivity index (χ1) is 12.1. The van der Waals surface area contributed by atoms with Crippen molar-refractivity contribution in [2.45, 2.75) is 0 Å². The highest BCUT2D eigenvalue weighted by Gasteiger charge is 2.10. The van der Waals surface area contributed by atoms with E-state index in [1.165, 1.54) is 24.7 Å². The van der Waals surface area contributed by atoms with Crippen molar-refractivity contribution in [3.05, 3.63) is 80.9 Å². The summed E-state index contributed by atoms with van der Waals surface area (Å²) in [5.74, 6) is 0. The number of nitro groups is 1. The molecule has 0 saturated heterocycles. The lowest BCUT2D eigenvalue weighted by molar-refractivity contribution is -0.384. The number of aromatic amines is 1. The monoisotopic (exact) mass is 333 g/mol. The van der Waals surface area contributed by atoms with Crippen LogP contribution in [0.25, 0.3) is 21.9 Å². The summed E-state index contributed by atoms with van der Waals surface area (Å²) in [6.45, 7) is 0. The second-order valence-electron chi connectivity index (χ2n) is 5.39. The number of H-pyrrole nitrogens is 1. The second-order valence-corrected chi connectivity index (χ2v) is 5.39.